The van der Waals surface area contributed by atoms with Crippen LogP contribution in [0.1, 0.15) is 23.9 Å². The monoisotopic (exact) mass is 327 g/mol. The predicted molar refractivity (Wildman–Crippen MR) is 89.6 cm³/mol. The van der Waals surface area contributed by atoms with Crippen molar-refractivity contribution < 1.29 is 4.39 Å². The normalized spacial score (nSPS) is 16.2. The highest BCUT2D eigenvalue weighted by atomic mass is 19.1. The van der Waals surface area contributed by atoms with E-state index in [9.17, 15) is 4.39 Å². The topological polar surface area (TPSA) is 48.1 Å². The summed E-state index contributed by atoms with van der Waals surface area (Å²) in [7, 11) is 0. The van der Waals surface area contributed by atoms with E-state index in [0.717, 1.165) is 50.7 Å². The number of nitrogens with zero attached hydrogens (tertiary/aromatic N) is 5. The number of hydrogen-bond acceptors (Lipinski definition) is 4. The number of aryl methyl sites for hydroxylation is 1. The van der Waals surface area contributed by atoms with Crippen LogP contribution in [-0.4, -0.2) is 45.5 Å². The lowest BCUT2D eigenvalue weighted by Gasteiger charge is -2.34. The largest absolute Gasteiger partial charge is 0.334 e. The maximum Gasteiger partial charge on any atom is 0.124 e. The fourth-order valence-corrected chi connectivity index (χ4v) is 3.12. The van der Waals surface area contributed by atoms with Gasteiger partial charge in [-0.3, -0.25) is 9.80 Å². The van der Waals surface area contributed by atoms with Crippen LogP contribution in [0.4, 0.5) is 4.39 Å². The molecule has 1 fully saturated rings. The molecule has 0 radical (unpaired) electrons. The van der Waals surface area contributed by atoms with E-state index in [-0.39, 0.29) is 5.82 Å². The molecule has 0 N–H and O–H groups in total. The van der Waals surface area contributed by atoms with Gasteiger partial charge in [0.25, 0.3) is 0 Å². The molecule has 0 amide bonds. The fourth-order valence-electron chi connectivity index (χ4n) is 3.12. The minimum Gasteiger partial charge on any atom is -0.334 e. The average molecular weight is 327 g/mol. The van der Waals surface area contributed by atoms with Gasteiger partial charge in [-0.05, 0) is 24.6 Å². The highest BCUT2D eigenvalue weighted by Gasteiger charge is 2.19. The first-order valence-electron chi connectivity index (χ1n) is 8.33. The second-order valence-electron chi connectivity index (χ2n) is 6.10. The lowest BCUT2D eigenvalue weighted by atomic mass is 10.1. The third-order valence-electron chi connectivity index (χ3n) is 4.56. The zero-order valence-electron chi connectivity index (χ0n) is 14.0. The molecule has 3 rings (SSSR count). The summed E-state index contributed by atoms with van der Waals surface area (Å²) in [5.41, 5.74) is 1.33. The number of benzene rings is 1. The highest BCUT2D eigenvalue weighted by Crippen LogP contribution is 2.15. The van der Waals surface area contributed by atoms with Gasteiger partial charge in [0.05, 0.1) is 18.2 Å². The van der Waals surface area contributed by atoms with Gasteiger partial charge in [-0.25, -0.2) is 9.37 Å². The molecular formula is C18H22FN5. The molecule has 1 aliphatic rings. The third-order valence-corrected chi connectivity index (χ3v) is 4.56. The molecule has 0 spiro atoms. The van der Waals surface area contributed by atoms with E-state index in [2.05, 4.69) is 32.3 Å². The SMILES string of the molecule is CCn1ccnc1CN1CCN(Cc2ccc(F)cc2C#N)CC1. The summed E-state index contributed by atoms with van der Waals surface area (Å²) in [5, 5.41) is 9.15. The molecule has 0 atom stereocenters. The van der Waals surface area contributed by atoms with E-state index in [4.69, 9.17) is 5.26 Å². The molecule has 0 saturated carbocycles. The van der Waals surface area contributed by atoms with E-state index in [1.54, 1.807) is 6.07 Å². The molecule has 0 unspecified atom stereocenters. The number of aromatic nitrogens is 2. The Morgan fingerprint density at radius 2 is 1.88 bits per heavy atom. The van der Waals surface area contributed by atoms with Crippen molar-refractivity contribution >= 4 is 0 Å². The van der Waals surface area contributed by atoms with Gasteiger partial charge < -0.3 is 4.57 Å². The Morgan fingerprint density at radius 3 is 2.54 bits per heavy atom. The predicted octanol–water partition coefficient (Wildman–Crippen LogP) is 2.23. The molecule has 1 aliphatic heterocycles. The molecule has 5 nitrogen and oxygen atoms in total. The first kappa shape index (κ1) is 16.6. The second kappa shape index (κ2) is 7.56. The Kier molecular flexibility index (Phi) is 5.24. The van der Waals surface area contributed by atoms with Crippen LogP contribution in [0.3, 0.4) is 0 Å². The van der Waals surface area contributed by atoms with Crippen LogP contribution in [0.25, 0.3) is 0 Å². The van der Waals surface area contributed by atoms with Crippen molar-refractivity contribution in [3.8, 4) is 6.07 Å². The van der Waals surface area contributed by atoms with Gasteiger partial charge >= 0.3 is 0 Å². The number of piperazine rings is 1. The first-order chi connectivity index (χ1) is 11.7. The van der Waals surface area contributed by atoms with Crippen LogP contribution in [0.2, 0.25) is 0 Å². The fraction of sp³-hybridized carbons (Fsp3) is 0.444. The number of halogens is 1. The number of nitriles is 1. The van der Waals surface area contributed by atoms with Crippen molar-refractivity contribution in [2.75, 3.05) is 26.2 Å². The summed E-state index contributed by atoms with van der Waals surface area (Å²) in [4.78, 5) is 9.15. The molecule has 2 aromatic rings. The standard InChI is InChI=1S/C18H22FN5/c1-2-24-6-5-21-18(24)14-23-9-7-22(8-10-23)13-15-3-4-17(19)11-16(15)12-20/h3-6,11H,2,7-10,13-14H2,1H3. The molecule has 0 aliphatic carbocycles. The van der Waals surface area contributed by atoms with Crippen molar-refractivity contribution in [2.24, 2.45) is 0 Å². The third kappa shape index (κ3) is 3.81. The minimum atomic E-state index is -0.355. The van der Waals surface area contributed by atoms with E-state index >= 15 is 0 Å². The Hall–Kier alpha value is -2.23. The smallest absolute Gasteiger partial charge is 0.124 e. The lowest BCUT2D eigenvalue weighted by molar-refractivity contribution is 0.119. The zero-order chi connectivity index (χ0) is 16.9. The van der Waals surface area contributed by atoms with Crippen molar-refractivity contribution in [3.63, 3.8) is 0 Å². The minimum absolute atomic E-state index is 0.355. The van der Waals surface area contributed by atoms with Crippen molar-refractivity contribution in [3.05, 3.63) is 53.4 Å². The molecule has 24 heavy (non-hydrogen) atoms. The van der Waals surface area contributed by atoms with Gasteiger partial charge in [0.2, 0.25) is 0 Å². The van der Waals surface area contributed by atoms with Crippen LogP contribution in [0.15, 0.2) is 30.6 Å². The second-order valence-corrected chi connectivity index (χ2v) is 6.10. The van der Waals surface area contributed by atoms with Crippen molar-refractivity contribution in [2.45, 2.75) is 26.6 Å². The molecule has 6 heteroatoms. The summed E-state index contributed by atoms with van der Waals surface area (Å²) in [6, 6.07) is 6.55. The van der Waals surface area contributed by atoms with Crippen molar-refractivity contribution in [1.29, 1.82) is 5.26 Å². The molecule has 0 bridgehead atoms. The summed E-state index contributed by atoms with van der Waals surface area (Å²) in [6.07, 6.45) is 3.87. The zero-order valence-corrected chi connectivity index (χ0v) is 14.0. The van der Waals surface area contributed by atoms with Crippen molar-refractivity contribution in [1.82, 2.24) is 19.4 Å². The van der Waals surface area contributed by atoms with Crippen LogP contribution in [0, 0.1) is 17.1 Å². The maximum atomic E-state index is 13.2. The maximum absolute atomic E-state index is 13.2. The van der Waals surface area contributed by atoms with Crippen LogP contribution >= 0.6 is 0 Å². The highest BCUT2D eigenvalue weighted by molar-refractivity contribution is 5.37. The van der Waals surface area contributed by atoms with E-state index in [0.29, 0.717) is 12.1 Å². The van der Waals surface area contributed by atoms with Gasteiger partial charge in [0.15, 0.2) is 0 Å². The Morgan fingerprint density at radius 1 is 1.17 bits per heavy atom. The Balaban J connectivity index is 1.55. The number of hydrogen-bond donors (Lipinski definition) is 0. The Bertz CT molecular complexity index is 725. The molecule has 126 valence electrons. The summed E-state index contributed by atoms with van der Waals surface area (Å²) in [6.45, 7) is 8.45. The Labute approximate surface area is 141 Å². The first-order valence-corrected chi connectivity index (χ1v) is 8.33. The van der Waals surface area contributed by atoms with Gasteiger partial charge in [-0.2, -0.15) is 5.26 Å². The summed E-state index contributed by atoms with van der Waals surface area (Å²) >= 11 is 0. The molecule has 1 saturated heterocycles. The summed E-state index contributed by atoms with van der Waals surface area (Å²) < 4.78 is 15.4. The average Bonchev–Trinajstić information content (AvgIpc) is 3.05. The van der Waals surface area contributed by atoms with Crippen LogP contribution in [0.5, 0.6) is 0 Å². The lowest BCUT2D eigenvalue weighted by Crippen LogP contribution is -2.45. The molecular weight excluding hydrogens is 305 g/mol. The quantitative estimate of drug-likeness (QED) is 0.845. The van der Waals surface area contributed by atoms with Crippen LogP contribution < -0.4 is 0 Å². The van der Waals surface area contributed by atoms with Crippen LogP contribution in [-0.2, 0) is 19.6 Å². The van der Waals surface area contributed by atoms with E-state index in [1.165, 1.54) is 12.1 Å². The molecule has 2 heterocycles. The van der Waals surface area contributed by atoms with Gasteiger partial charge in [-0.15, -0.1) is 0 Å². The van der Waals surface area contributed by atoms with Gasteiger partial charge in [-0.1, -0.05) is 6.07 Å². The van der Waals surface area contributed by atoms with Gasteiger partial charge in [0.1, 0.15) is 11.6 Å². The van der Waals surface area contributed by atoms with E-state index < -0.39 is 0 Å². The number of imidazole rings is 1. The van der Waals surface area contributed by atoms with Gasteiger partial charge in [0, 0.05) is 51.7 Å². The molecule has 1 aromatic heterocycles. The molecule has 1 aromatic carbocycles. The summed E-state index contributed by atoms with van der Waals surface area (Å²) in [5.74, 6) is 0.753. The number of rotatable bonds is 5. The van der Waals surface area contributed by atoms with E-state index in [1.807, 2.05) is 12.4 Å².